The Hall–Kier alpha value is -10.7. The van der Waals surface area contributed by atoms with Gasteiger partial charge in [-0.25, -0.2) is 0 Å². The number of H-pyrrole nitrogens is 1. The number of nitrogens with one attached hydrogen (secondary N) is 1. The number of Topliss-reactive ketones (excluding diaryl/α,β-unsaturated/α-hetero) is 4. The van der Waals surface area contributed by atoms with E-state index in [1.807, 2.05) is 92.7 Å². The second kappa shape index (κ2) is 36.2. The SMILES string of the molecule is CCC(C)(C)c1cc2cc(CC(=O)C3(c4ccc5c(c4)OC(F)(F)O5)CC3)ccc2n1C[C@@H](O)CO.CC[C@H](O)Cn1c(C(C)(C)C)cc2cc(CC(=O)C3(c4ccc(OC)cc4)CC3)ccc21.CC[C@H](O)Cn1c(C(C)(C)C)cc2cc(CC(=O)C3(c4cccc(OC)c4)CC3)ccc21.COc1ccc(C2(C(=O)Cc3ccc4[nH]c(C(C)(C)C)cc4c3)CC2(C)C)cc1. The Kier molecular flexibility index (Phi) is 26.5. The maximum Gasteiger partial charge on any atom is 0.586 e. The van der Waals surface area contributed by atoms with Crippen molar-refractivity contribution in [2.45, 2.75) is 288 Å². The number of aromatic nitrogens is 4. The average Bonchev–Trinajstić information content (AvgIpc) is 1.53. The van der Waals surface area contributed by atoms with E-state index in [2.05, 4.69) is 216 Å². The molecule has 4 atom stereocenters. The van der Waals surface area contributed by atoms with Crippen molar-refractivity contribution in [2.24, 2.45) is 5.41 Å². The minimum absolute atomic E-state index is 0.0176. The number of ketones is 4. The lowest BCUT2D eigenvalue weighted by atomic mass is 9.81. The summed E-state index contributed by atoms with van der Waals surface area (Å²) < 4.78 is 58.4. The molecule has 17 nitrogen and oxygen atoms in total. The molecule has 5 aliphatic rings. The highest BCUT2D eigenvalue weighted by molar-refractivity contribution is 5.99. The van der Waals surface area contributed by atoms with Gasteiger partial charge in [-0.15, -0.1) is 8.78 Å². The van der Waals surface area contributed by atoms with Crippen molar-refractivity contribution in [2.75, 3.05) is 27.9 Å². The average molecular weight is 1760 g/mol. The van der Waals surface area contributed by atoms with E-state index in [1.54, 1.807) is 27.4 Å². The number of ether oxygens (including phenoxy) is 5. The number of nitrogens with zero attached hydrogens (tertiary/aromatic N) is 3. The zero-order valence-corrected chi connectivity index (χ0v) is 78.9. The standard InChI is InChI=1S/C28H31F2NO5.2C28H35NO3.C26H31NO2/c1-4-26(2,3)24-13-18-11-17(5-7-21(18)31(24)15-20(33)16-32)12-25(34)27(9-10-27)19-6-8-22-23(14-19)36-28(29,30)35-22;1-6-22(30)18-29-24-12-7-19(15-20(24)17-25(29)27(2,3)4)16-26(31)28(13-14-28)21-8-10-23(32-5)11-9-21;1-6-22(30)18-29-24-11-10-19(14-20(24)16-25(29)27(2,3)4)15-26(31)28(12-13-28)21-8-7-9-23(17-21)32-5;1-24(2,3)22-15-18-13-17(7-12-21(18)27-22)14-23(28)26(16-25(26,4)5)19-8-10-20(29-6)11-9-19/h5-8,11,13-14,20,32-33H,4,9-10,12,15-16H2,1-3H3;7-12,15,17,22,30H,6,13-14,16,18H2,1-5H3;7-11,14,16-17,22,30H,6,12-13,15,18H2,1-5H3;7-13,15,27H,14,16H2,1-6H3/t20-;2*22-;/m100./s1. The third-order valence-corrected chi connectivity index (χ3v) is 28.2. The Morgan fingerprint density at radius 3 is 1.22 bits per heavy atom. The number of fused-ring (bicyclic) bond motifs is 5. The first-order valence-corrected chi connectivity index (χ1v) is 46.0. The number of rotatable bonds is 30. The molecule has 0 bridgehead atoms. The van der Waals surface area contributed by atoms with E-state index in [1.165, 1.54) is 34.6 Å². The first-order chi connectivity index (χ1) is 60.9. The first-order valence-electron chi connectivity index (χ1n) is 46.0. The molecular weight excluding hydrogens is 1620 g/mol. The fourth-order valence-electron chi connectivity index (χ4n) is 19.2. The van der Waals surface area contributed by atoms with Gasteiger partial charge in [0.1, 0.15) is 40.4 Å². The fraction of sp³-hybridized carbons (Fsp3) is 0.455. The van der Waals surface area contributed by atoms with Crippen LogP contribution in [0.5, 0.6) is 28.7 Å². The predicted molar refractivity (Wildman–Crippen MR) is 509 cm³/mol. The van der Waals surface area contributed by atoms with Crippen LogP contribution in [0.2, 0.25) is 0 Å². The number of benzene rings is 8. The Labute approximate surface area is 758 Å². The number of aliphatic hydroxyl groups excluding tert-OH is 4. The summed E-state index contributed by atoms with van der Waals surface area (Å²) in [6.45, 7) is 35.8. The maximum absolute atomic E-state index is 13.5. The highest BCUT2D eigenvalue weighted by Crippen LogP contribution is 2.65. The number of carbonyl (C=O) groups is 4. The molecule has 4 saturated carbocycles. The van der Waals surface area contributed by atoms with Crippen LogP contribution in [0.1, 0.15) is 242 Å². The number of halogens is 2. The van der Waals surface area contributed by atoms with Gasteiger partial charge in [0.05, 0.1) is 74.5 Å². The van der Waals surface area contributed by atoms with Crippen LogP contribution in [0, 0.1) is 5.41 Å². The summed E-state index contributed by atoms with van der Waals surface area (Å²) in [7, 11) is 4.98. The van der Waals surface area contributed by atoms with E-state index >= 15 is 0 Å². The van der Waals surface area contributed by atoms with Gasteiger partial charge >= 0.3 is 6.29 Å². The lowest BCUT2D eigenvalue weighted by molar-refractivity contribution is -0.286. The molecule has 0 amide bonds. The van der Waals surface area contributed by atoms with Crippen LogP contribution in [0.25, 0.3) is 43.6 Å². The molecule has 0 spiro atoms. The van der Waals surface area contributed by atoms with Gasteiger partial charge in [-0.1, -0.05) is 178 Å². The number of hydrogen-bond donors (Lipinski definition) is 5. The van der Waals surface area contributed by atoms with Crippen molar-refractivity contribution in [1.82, 2.24) is 18.7 Å². The van der Waals surface area contributed by atoms with Crippen LogP contribution in [0.4, 0.5) is 8.78 Å². The Morgan fingerprint density at radius 1 is 0.426 bits per heavy atom. The van der Waals surface area contributed by atoms with Crippen molar-refractivity contribution in [3.63, 3.8) is 0 Å². The van der Waals surface area contributed by atoms with Crippen LogP contribution in [-0.4, -0.2) is 115 Å². The highest BCUT2D eigenvalue weighted by atomic mass is 19.3. The van der Waals surface area contributed by atoms with E-state index < -0.39 is 23.2 Å². The van der Waals surface area contributed by atoms with E-state index in [4.69, 9.17) is 14.2 Å². The van der Waals surface area contributed by atoms with Crippen LogP contribution in [0.15, 0.2) is 188 Å². The van der Waals surface area contributed by atoms with Gasteiger partial charge in [-0.2, -0.15) is 0 Å². The number of hydrogen-bond acceptors (Lipinski definition) is 13. The van der Waals surface area contributed by atoms with Crippen molar-refractivity contribution in [3.05, 3.63) is 255 Å². The molecule has 0 radical (unpaired) electrons. The summed E-state index contributed by atoms with van der Waals surface area (Å²) in [5, 5.41) is 44.6. The summed E-state index contributed by atoms with van der Waals surface area (Å²) in [6.07, 6.45) is 4.46. The van der Waals surface area contributed by atoms with Crippen molar-refractivity contribution in [3.8, 4) is 28.7 Å². The summed E-state index contributed by atoms with van der Waals surface area (Å²) >= 11 is 0. The molecule has 5 N–H and O–H groups in total. The van der Waals surface area contributed by atoms with Gasteiger partial charge in [0.2, 0.25) is 0 Å². The predicted octanol–water partition coefficient (Wildman–Crippen LogP) is 21.9. The number of alkyl halides is 2. The fourth-order valence-corrected chi connectivity index (χ4v) is 19.2. The van der Waals surface area contributed by atoms with Gasteiger partial charge in [-0.3, -0.25) is 19.2 Å². The summed E-state index contributed by atoms with van der Waals surface area (Å²) in [5.74, 6) is 3.27. The van der Waals surface area contributed by atoms with Crippen molar-refractivity contribution >= 4 is 66.7 Å². The molecule has 4 aromatic heterocycles. The Balaban J connectivity index is 0.000000139. The van der Waals surface area contributed by atoms with E-state index in [0.717, 1.165) is 151 Å². The monoisotopic (exact) mass is 1750 g/mol. The molecule has 1 unspecified atom stereocenters. The topological polar surface area (TPSA) is 226 Å². The lowest BCUT2D eigenvalue weighted by Crippen LogP contribution is -2.27. The normalized spacial score (nSPS) is 17.8. The van der Waals surface area contributed by atoms with E-state index in [9.17, 15) is 48.4 Å². The third-order valence-electron chi connectivity index (χ3n) is 28.2. The number of aliphatic hydroxyl groups is 4. The molecule has 684 valence electrons. The molecule has 17 rings (SSSR count). The molecule has 0 saturated heterocycles. The van der Waals surface area contributed by atoms with Gasteiger partial charge in [0.25, 0.3) is 0 Å². The molecular formula is C110H132F2N4O13. The second-order valence-electron chi connectivity index (χ2n) is 41.3. The first kappa shape index (κ1) is 94.4. The third kappa shape index (κ3) is 19.7. The maximum atomic E-state index is 13.5. The molecule has 4 fully saturated rings. The highest BCUT2D eigenvalue weighted by Gasteiger charge is 2.66. The Bertz CT molecular complexity index is 6120. The lowest BCUT2D eigenvalue weighted by Gasteiger charge is -2.26. The number of methoxy groups -OCH3 is 3. The van der Waals surface area contributed by atoms with Gasteiger partial charge in [0, 0.05) is 121 Å². The van der Waals surface area contributed by atoms with Crippen molar-refractivity contribution in [1.29, 1.82) is 0 Å². The van der Waals surface area contributed by atoms with Crippen molar-refractivity contribution < 1.29 is 72.1 Å². The molecule has 5 heterocycles. The molecule has 129 heavy (non-hydrogen) atoms. The zero-order valence-electron chi connectivity index (χ0n) is 78.9. The van der Waals surface area contributed by atoms with E-state index in [-0.39, 0.29) is 92.8 Å². The summed E-state index contributed by atoms with van der Waals surface area (Å²) in [5.41, 5.74) is 15.0. The van der Waals surface area contributed by atoms with Crippen LogP contribution in [0.3, 0.4) is 0 Å². The zero-order chi connectivity index (χ0) is 93.1. The molecule has 12 aromatic rings. The quantitative estimate of drug-likeness (QED) is 0.0283. The minimum atomic E-state index is -3.69. The molecule has 8 aromatic carbocycles. The largest absolute Gasteiger partial charge is 0.586 e. The van der Waals surface area contributed by atoms with Gasteiger partial charge in [-0.05, 0) is 241 Å². The number of carbonyl (C=O) groups excluding carboxylic acids is 4. The molecule has 19 heteroatoms. The summed E-state index contributed by atoms with van der Waals surface area (Å²) in [4.78, 5) is 57.2. The number of aromatic amines is 1. The van der Waals surface area contributed by atoms with Crippen LogP contribution >= 0.6 is 0 Å². The van der Waals surface area contributed by atoms with Gasteiger partial charge in [0.15, 0.2) is 11.5 Å². The molecule has 4 aliphatic carbocycles. The molecule has 1 aliphatic heterocycles. The smallest absolute Gasteiger partial charge is 0.497 e. The minimum Gasteiger partial charge on any atom is -0.497 e. The second-order valence-corrected chi connectivity index (χ2v) is 41.3. The van der Waals surface area contributed by atoms with Crippen LogP contribution in [-0.2, 0) is 108 Å². The Morgan fingerprint density at radius 2 is 0.814 bits per heavy atom. The van der Waals surface area contributed by atoms with Gasteiger partial charge < -0.3 is 62.8 Å². The van der Waals surface area contributed by atoms with Crippen LogP contribution < -0.4 is 23.7 Å². The summed E-state index contributed by atoms with van der Waals surface area (Å²) in [6, 6.07) is 62.2. The van der Waals surface area contributed by atoms with E-state index in [0.29, 0.717) is 62.3 Å².